The fraction of sp³-hybridized carbons (Fsp3) is 0.500. The van der Waals surface area contributed by atoms with Crippen LogP contribution in [-0.2, 0) is 0 Å². The molecule has 0 unspecified atom stereocenters. The van der Waals surface area contributed by atoms with E-state index < -0.39 is 0 Å². The molecule has 0 spiro atoms. The van der Waals surface area contributed by atoms with E-state index in [0.717, 1.165) is 16.7 Å². The molecule has 0 fully saturated rings. The number of pyridine rings is 1. The molecule has 0 aliphatic heterocycles. The van der Waals surface area contributed by atoms with Crippen LogP contribution in [0.5, 0.6) is 0 Å². The quantitative estimate of drug-likeness (QED) is 0.830. The van der Waals surface area contributed by atoms with Gasteiger partial charge in [0.1, 0.15) is 0 Å². The van der Waals surface area contributed by atoms with Crippen molar-refractivity contribution in [1.29, 1.82) is 0 Å². The number of nitrogens with zero attached hydrogens (tertiary/aromatic N) is 3. The van der Waals surface area contributed by atoms with Gasteiger partial charge in [0.2, 0.25) is 5.95 Å². The van der Waals surface area contributed by atoms with Gasteiger partial charge in [-0.15, -0.1) is 5.10 Å². The minimum absolute atomic E-state index is 0.702. The maximum absolute atomic E-state index is 4.42. The van der Waals surface area contributed by atoms with Crippen LogP contribution in [0.1, 0.15) is 32.6 Å². The summed E-state index contributed by atoms with van der Waals surface area (Å²) >= 11 is 3.46. The Balaban J connectivity index is 1.93. The van der Waals surface area contributed by atoms with Crippen molar-refractivity contribution >= 4 is 27.5 Å². The second-order valence-electron chi connectivity index (χ2n) is 4.05. The number of fused-ring (bicyclic) bond motifs is 1. The third kappa shape index (κ3) is 3.19. The second-order valence-corrected chi connectivity index (χ2v) is 4.90. The normalized spacial score (nSPS) is 10.9. The fourth-order valence-corrected chi connectivity index (χ4v) is 2.12. The van der Waals surface area contributed by atoms with Crippen LogP contribution in [0.25, 0.3) is 5.65 Å². The van der Waals surface area contributed by atoms with Crippen molar-refractivity contribution in [3.8, 4) is 0 Å². The summed E-state index contributed by atoms with van der Waals surface area (Å²) in [4.78, 5) is 4.42. The summed E-state index contributed by atoms with van der Waals surface area (Å²) in [5.74, 6) is 0.702. The predicted octanol–water partition coefficient (Wildman–Crippen LogP) is 3.48. The third-order valence-electron chi connectivity index (χ3n) is 2.63. The van der Waals surface area contributed by atoms with E-state index in [1.54, 1.807) is 4.52 Å². The first kappa shape index (κ1) is 12.4. The highest BCUT2D eigenvalue weighted by molar-refractivity contribution is 9.10. The standard InChI is InChI=1S/C12H17BrN4/c1-2-3-4-5-8-14-12-15-11-10(13)7-6-9-17(11)16-12/h6-7,9H,2-5,8H2,1H3,(H,14,16). The van der Waals surface area contributed by atoms with E-state index in [2.05, 4.69) is 38.3 Å². The second kappa shape index (κ2) is 6.00. The number of nitrogens with one attached hydrogen (secondary N) is 1. The Labute approximate surface area is 110 Å². The highest BCUT2D eigenvalue weighted by atomic mass is 79.9. The summed E-state index contributed by atoms with van der Waals surface area (Å²) in [6.07, 6.45) is 6.89. The molecule has 2 rings (SSSR count). The number of halogens is 1. The first-order valence-corrected chi connectivity index (χ1v) is 6.85. The van der Waals surface area contributed by atoms with Crippen LogP contribution < -0.4 is 5.32 Å². The van der Waals surface area contributed by atoms with Crippen molar-refractivity contribution in [3.63, 3.8) is 0 Å². The van der Waals surface area contributed by atoms with Crippen LogP contribution in [0.4, 0.5) is 5.95 Å². The molecule has 0 aromatic carbocycles. The molecule has 92 valence electrons. The Morgan fingerprint density at radius 1 is 1.35 bits per heavy atom. The summed E-state index contributed by atoms with van der Waals surface area (Å²) in [6, 6.07) is 3.91. The third-order valence-corrected chi connectivity index (χ3v) is 3.25. The molecule has 0 atom stereocenters. The first-order chi connectivity index (χ1) is 8.31. The molecule has 0 saturated carbocycles. The highest BCUT2D eigenvalue weighted by Crippen LogP contribution is 2.16. The molecule has 0 saturated heterocycles. The van der Waals surface area contributed by atoms with Gasteiger partial charge in [0.05, 0.1) is 4.47 Å². The first-order valence-electron chi connectivity index (χ1n) is 6.06. The van der Waals surface area contributed by atoms with Gasteiger partial charge in [-0.3, -0.25) is 0 Å². The highest BCUT2D eigenvalue weighted by Gasteiger charge is 2.04. The van der Waals surface area contributed by atoms with Gasteiger partial charge < -0.3 is 5.32 Å². The van der Waals surface area contributed by atoms with Crippen molar-refractivity contribution in [2.24, 2.45) is 0 Å². The average molecular weight is 297 g/mol. The summed E-state index contributed by atoms with van der Waals surface area (Å²) in [6.45, 7) is 3.16. The van der Waals surface area contributed by atoms with Crippen LogP contribution in [0.3, 0.4) is 0 Å². The summed E-state index contributed by atoms with van der Waals surface area (Å²) < 4.78 is 2.74. The zero-order chi connectivity index (χ0) is 12.1. The lowest BCUT2D eigenvalue weighted by molar-refractivity contribution is 0.683. The Morgan fingerprint density at radius 3 is 3.00 bits per heavy atom. The smallest absolute Gasteiger partial charge is 0.243 e. The van der Waals surface area contributed by atoms with E-state index >= 15 is 0 Å². The van der Waals surface area contributed by atoms with Gasteiger partial charge in [0.15, 0.2) is 5.65 Å². The van der Waals surface area contributed by atoms with Crippen molar-refractivity contribution in [1.82, 2.24) is 14.6 Å². The van der Waals surface area contributed by atoms with Crippen molar-refractivity contribution in [2.45, 2.75) is 32.6 Å². The predicted molar refractivity (Wildman–Crippen MR) is 73.3 cm³/mol. The van der Waals surface area contributed by atoms with E-state index in [1.165, 1.54) is 25.7 Å². The van der Waals surface area contributed by atoms with Gasteiger partial charge in [-0.05, 0) is 34.5 Å². The number of aromatic nitrogens is 3. The minimum Gasteiger partial charge on any atom is -0.353 e. The van der Waals surface area contributed by atoms with Crippen LogP contribution in [0.15, 0.2) is 22.8 Å². The lowest BCUT2D eigenvalue weighted by Gasteiger charge is -2.00. The molecule has 4 nitrogen and oxygen atoms in total. The molecule has 5 heteroatoms. The number of rotatable bonds is 6. The molecule has 0 aliphatic carbocycles. The number of anilines is 1. The van der Waals surface area contributed by atoms with Gasteiger partial charge in [-0.1, -0.05) is 26.2 Å². The Hall–Kier alpha value is -1.10. The minimum atomic E-state index is 0.702. The lowest BCUT2D eigenvalue weighted by atomic mass is 10.2. The van der Waals surface area contributed by atoms with Crippen LogP contribution in [0.2, 0.25) is 0 Å². The van der Waals surface area contributed by atoms with Crippen LogP contribution >= 0.6 is 15.9 Å². The van der Waals surface area contributed by atoms with E-state index in [-0.39, 0.29) is 0 Å². The molecular weight excluding hydrogens is 280 g/mol. The van der Waals surface area contributed by atoms with E-state index in [0.29, 0.717) is 5.95 Å². The van der Waals surface area contributed by atoms with Gasteiger partial charge in [0.25, 0.3) is 0 Å². The largest absolute Gasteiger partial charge is 0.353 e. The van der Waals surface area contributed by atoms with Crippen molar-refractivity contribution < 1.29 is 0 Å². The maximum Gasteiger partial charge on any atom is 0.243 e. The van der Waals surface area contributed by atoms with Crippen LogP contribution in [-0.4, -0.2) is 21.1 Å². The molecule has 0 bridgehead atoms. The van der Waals surface area contributed by atoms with E-state index in [9.17, 15) is 0 Å². The van der Waals surface area contributed by atoms with E-state index in [1.807, 2.05) is 18.3 Å². The number of hydrogen-bond acceptors (Lipinski definition) is 3. The molecule has 0 radical (unpaired) electrons. The van der Waals surface area contributed by atoms with Crippen molar-refractivity contribution in [2.75, 3.05) is 11.9 Å². The molecule has 1 N–H and O–H groups in total. The zero-order valence-electron chi connectivity index (χ0n) is 9.99. The Morgan fingerprint density at radius 2 is 2.24 bits per heavy atom. The summed E-state index contributed by atoms with van der Waals surface area (Å²) in [5.41, 5.74) is 0.851. The molecule has 2 aromatic heterocycles. The van der Waals surface area contributed by atoms with Gasteiger partial charge in [-0.2, -0.15) is 4.98 Å². The monoisotopic (exact) mass is 296 g/mol. The summed E-state index contributed by atoms with van der Waals surface area (Å²) in [7, 11) is 0. The molecule has 0 aliphatic rings. The lowest BCUT2D eigenvalue weighted by Crippen LogP contribution is -2.03. The molecule has 2 heterocycles. The summed E-state index contributed by atoms with van der Waals surface area (Å²) in [5, 5.41) is 7.61. The maximum atomic E-state index is 4.42. The molecule has 2 aromatic rings. The molecule has 17 heavy (non-hydrogen) atoms. The Kier molecular flexibility index (Phi) is 4.36. The molecule has 0 amide bonds. The average Bonchev–Trinajstić information content (AvgIpc) is 2.73. The number of unbranched alkanes of at least 4 members (excludes halogenated alkanes) is 3. The van der Waals surface area contributed by atoms with Crippen molar-refractivity contribution in [3.05, 3.63) is 22.8 Å². The molecular formula is C12H17BrN4. The van der Waals surface area contributed by atoms with E-state index in [4.69, 9.17) is 0 Å². The van der Waals surface area contributed by atoms with Gasteiger partial charge in [0, 0.05) is 12.7 Å². The Bertz CT molecular complexity index is 480. The van der Waals surface area contributed by atoms with Crippen LogP contribution in [0, 0.1) is 0 Å². The zero-order valence-corrected chi connectivity index (χ0v) is 11.6. The fourth-order valence-electron chi connectivity index (χ4n) is 1.70. The number of hydrogen-bond donors (Lipinski definition) is 1. The topological polar surface area (TPSA) is 42.2 Å². The SMILES string of the molecule is CCCCCCNc1nc2c(Br)cccn2n1. The van der Waals surface area contributed by atoms with Gasteiger partial charge in [-0.25, -0.2) is 4.52 Å². The van der Waals surface area contributed by atoms with Gasteiger partial charge >= 0.3 is 0 Å².